The highest BCUT2D eigenvalue weighted by Gasteiger charge is 2.38. The van der Waals surface area contributed by atoms with Crippen molar-refractivity contribution in [3.05, 3.63) is 58.4 Å². The number of halogens is 5. The van der Waals surface area contributed by atoms with Crippen LogP contribution in [0.4, 0.5) is 27.6 Å². The molecule has 0 radical (unpaired) electrons. The number of anilines is 1. The summed E-state index contributed by atoms with van der Waals surface area (Å²) in [6.07, 6.45) is -5.82. The van der Waals surface area contributed by atoms with Gasteiger partial charge in [0.25, 0.3) is 5.91 Å². The topological polar surface area (TPSA) is 86.5 Å². The lowest BCUT2D eigenvalue weighted by Crippen LogP contribution is -2.14. The highest BCUT2D eigenvalue weighted by atomic mass is 32.2. The maximum Gasteiger partial charge on any atom is 0.435 e. The van der Waals surface area contributed by atoms with Gasteiger partial charge in [-0.05, 0) is 36.9 Å². The Balaban J connectivity index is 1.79. The van der Waals surface area contributed by atoms with E-state index in [-0.39, 0.29) is 17.2 Å². The van der Waals surface area contributed by atoms with Crippen molar-refractivity contribution >= 4 is 23.4 Å². The second-order valence-electron chi connectivity index (χ2n) is 6.69. The minimum Gasteiger partial charge on any atom is -0.337 e. The van der Waals surface area contributed by atoms with E-state index in [0.717, 1.165) is 10.5 Å². The molecular weight excluding hydrogens is 441 g/mol. The van der Waals surface area contributed by atoms with Gasteiger partial charge in [-0.2, -0.15) is 18.3 Å². The highest BCUT2D eigenvalue weighted by molar-refractivity contribution is 7.98. The van der Waals surface area contributed by atoms with E-state index >= 15 is 0 Å². The van der Waals surface area contributed by atoms with Gasteiger partial charge in [0.05, 0.1) is 6.42 Å². The van der Waals surface area contributed by atoms with Gasteiger partial charge in [0.15, 0.2) is 11.5 Å². The predicted molar refractivity (Wildman–Crippen MR) is 106 cm³/mol. The zero-order valence-electron chi connectivity index (χ0n) is 16.4. The molecule has 0 bridgehead atoms. The van der Waals surface area contributed by atoms with Gasteiger partial charge >= 0.3 is 6.18 Å². The molecule has 3 N–H and O–H groups in total. The summed E-state index contributed by atoms with van der Waals surface area (Å²) in [5.41, 5.74) is -0.336. The quantitative estimate of drug-likeness (QED) is 0.349. The average Bonchev–Trinajstić information content (AvgIpc) is 3.29. The third-order valence-corrected chi connectivity index (χ3v) is 5.34. The summed E-state index contributed by atoms with van der Waals surface area (Å²) in [6, 6.07) is 5.36. The number of carbonyl (C=O) groups excluding carboxylic acids is 1. The Labute approximate surface area is 178 Å². The zero-order valence-corrected chi connectivity index (χ0v) is 17.2. The number of carbonyl (C=O) groups is 1. The summed E-state index contributed by atoms with van der Waals surface area (Å²) in [5, 5.41) is 7.86. The van der Waals surface area contributed by atoms with E-state index in [1.165, 1.54) is 6.20 Å². The molecule has 1 aromatic carbocycles. The summed E-state index contributed by atoms with van der Waals surface area (Å²) in [6.45, 7) is 1.90. The molecule has 0 aliphatic heterocycles. The van der Waals surface area contributed by atoms with E-state index in [2.05, 4.69) is 20.4 Å². The number of aromatic amines is 2. The van der Waals surface area contributed by atoms with Gasteiger partial charge in [-0.3, -0.25) is 9.89 Å². The van der Waals surface area contributed by atoms with Crippen LogP contribution in [0, 0.1) is 6.92 Å². The second kappa shape index (κ2) is 9.08. The molecule has 0 saturated carbocycles. The number of nitrogens with one attached hydrogen (secondary N) is 3. The number of imidazole rings is 1. The SMILES string of the molecule is CSc1ccc(NC(=O)c2ncc(Cc3c(C(F)(F)F)n[nH]c3CC(F)F)[nH]2)cc1C. The monoisotopic (exact) mass is 459 g/mol. The first-order valence-corrected chi connectivity index (χ1v) is 10.2. The second-order valence-corrected chi connectivity index (χ2v) is 7.54. The van der Waals surface area contributed by atoms with Crippen LogP contribution < -0.4 is 5.32 Å². The molecule has 3 aromatic rings. The van der Waals surface area contributed by atoms with Crippen molar-refractivity contribution in [2.45, 2.75) is 37.3 Å². The first-order valence-electron chi connectivity index (χ1n) is 8.99. The van der Waals surface area contributed by atoms with Crippen LogP contribution >= 0.6 is 11.8 Å². The van der Waals surface area contributed by atoms with Crippen molar-refractivity contribution < 1.29 is 26.7 Å². The first kappa shape index (κ1) is 22.8. The fourth-order valence-corrected chi connectivity index (χ4v) is 3.64. The molecule has 2 heterocycles. The van der Waals surface area contributed by atoms with E-state index < -0.39 is 42.6 Å². The van der Waals surface area contributed by atoms with Crippen molar-refractivity contribution in [1.29, 1.82) is 0 Å². The molecule has 0 fully saturated rings. The summed E-state index contributed by atoms with van der Waals surface area (Å²) < 4.78 is 65.1. The van der Waals surface area contributed by atoms with Crippen LogP contribution in [0.15, 0.2) is 29.3 Å². The van der Waals surface area contributed by atoms with E-state index in [4.69, 9.17) is 0 Å². The van der Waals surface area contributed by atoms with E-state index in [9.17, 15) is 26.7 Å². The third kappa shape index (κ3) is 5.43. The van der Waals surface area contributed by atoms with Crippen LogP contribution in [0.2, 0.25) is 0 Å². The first-order chi connectivity index (χ1) is 14.6. The molecule has 0 aliphatic rings. The van der Waals surface area contributed by atoms with Crippen LogP contribution in [0.3, 0.4) is 0 Å². The molecular formula is C19H18F5N5OS. The number of amides is 1. The lowest BCUT2D eigenvalue weighted by molar-refractivity contribution is -0.141. The van der Waals surface area contributed by atoms with Gasteiger partial charge in [0, 0.05) is 40.2 Å². The van der Waals surface area contributed by atoms with Gasteiger partial charge in [0.1, 0.15) is 0 Å². The van der Waals surface area contributed by atoms with Gasteiger partial charge in [-0.15, -0.1) is 11.8 Å². The van der Waals surface area contributed by atoms with E-state index in [1.807, 2.05) is 24.3 Å². The number of aryl methyl sites for hydroxylation is 1. The molecule has 166 valence electrons. The predicted octanol–water partition coefficient (Wildman–Crippen LogP) is 4.83. The van der Waals surface area contributed by atoms with Crippen LogP contribution in [0.5, 0.6) is 0 Å². The minimum absolute atomic E-state index is 0.117. The zero-order chi connectivity index (χ0) is 22.8. The van der Waals surface area contributed by atoms with Crippen molar-refractivity contribution in [1.82, 2.24) is 20.2 Å². The average molecular weight is 459 g/mol. The number of aromatic nitrogens is 4. The number of nitrogens with zero attached hydrogens (tertiary/aromatic N) is 2. The fourth-order valence-electron chi connectivity index (χ4n) is 3.05. The molecule has 31 heavy (non-hydrogen) atoms. The van der Waals surface area contributed by atoms with E-state index in [1.54, 1.807) is 23.9 Å². The molecule has 0 unspecified atom stereocenters. The maximum atomic E-state index is 13.2. The number of hydrogen-bond donors (Lipinski definition) is 3. The smallest absolute Gasteiger partial charge is 0.337 e. The van der Waals surface area contributed by atoms with Crippen LogP contribution in [0.25, 0.3) is 0 Å². The Kier molecular flexibility index (Phi) is 6.68. The number of rotatable bonds is 7. The Bertz CT molecular complexity index is 1080. The Morgan fingerprint density at radius 3 is 2.65 bits per heavy atom. The third-order valence-electron chi connectivity index (χ3n) is 4.44. The van der Waals surface area contributed by atoms with Gasteiger partial charge in [-0.25, -0.2) is 13.8 Å². The standard InChI is InChI=1S/C19H18F5N5OS/c1-9-5-10(3-4-14(9)31-2)27-18(30)17-25-8-11(26-17)6-12-13(7-15(20)21)28-29-16(12)19(22,23)24/h3-5,8,15H,6-7H2,1-2H3,(H,25,26)(H,27,30)(H,28,29). The van der Waals surface area contributed by atoms with Crippen molar-refractivity contribution in [3.8, 4) is 0 Å². The maximum absolute atomic E-state index is 13.2. The number of hydrogen-bond acceptors (Lipinski definition) is 4. The summed E-state index contributed by atoms with van der Waals surface area (Å²) in [7, 11) is 0. The largest absolute Gasteiger partial charge is 0.435 e. The molecule has 2 aromatic heterocycles. The normalized spacial score (nSPS) is 11.9. The number of thioether (sulfide) groups is 1. The lowest BCUT2D eigenvalue weighted by Gasteiger charge is -2.08. The van der Waals surface area contributed by atoms with E-state index in [0.29, 0.717) is 5.69 Å². The summed E-state index contributed by atoms with van der Waals surface area (Å²) >= 11 is 1.57. The van der Waals surface area contributed by atoms with Crippen LogP contribution in [-0.2, 0) is 19.0 Å². The molecule has 6 nitrogen and oxygen atoms in total. The van der Waals surface area contributed by atoms with Crippen LogP contribution in [-0.4, -0.2) is 38.8 Å². The Hall–Kier alpha value is -2.89. The molecule has 3 rings (SSSR count). The molecule has 0 spiro atoms. The lowest BCUT2D eigenvalue weighted by atomic mass is 10.1. The van der Waals surface area contributed by atoms with Gasteiger partial charge in [-0.1, -0.05) is 0 Å². The number of benzene rings is 1. The Morgan fingerprint density at radius 2 is 2.03 bits per heavy atom. The van der Waals surface area contributed by atoms with Crippen molar-refractivity contribution in [2.75, 3.05) is 11.6 Å². The highest BCUT2D eigenvalue weighted by Crippen LogP contribution is 2.33. The van der Waals surface area contributed by atoms with Gasteiger partial charge in [0.2, 0.25) is 6.43 Å². The summed E-state index contributed by atoms with van der Waals surface area (Å²) in [5.74, 6) is -0.701. The van der Waals surface area contributed by atoms with Crippen molar-refractivity contribution in [2.24, 2.45) is 0 Å². The summed E-state index contributed by atoms with van der Waals surface area (Å²) in [4.78, 5) is 20.0. The minimum atomic E-state index is -4.81. The molecule has 0 saturated heterocycles. The molecule has 0 atom stereocenters. The van der Waals surface area contributed by atoms with Crippen LogP contribution in [0.1, 0.15) is 38.8 Å². The van der Waals surface area contributed by atoms with Gasteiger partial charge < -0.3 is 10.3 Å². The molecule has 1 amide bonds. The Morgan fingerprint density at radius 1 is 1.29 bits per heavy atom. The van der Waals surface area contributed by atoms with Crippen molar-refractivity contribution in [3.63, 3.8) is 0 Å². The number of H-pyrrole nitrogens is 2. The fraction of sp³-hybridized carbons (Fsp3) is 0.316. The molecule has 12 heteroatoms. The number of alkyl halides is 5. The molecule has 0 aliphatic carbocycles.